The number of hydrogen-bond acceptors (Lipinski definition) is 3. The minimum absolute atomic E-state index is 0.442. The first-order chi connectivity index (χ1) is 9.70. The maximum Gasteiger partial charge on any atom is 0.289 e. The monoisotopic (exact) mass is 268 g/mol. The molecule has 0 spiro atoms. The summed E-state index contributed by atoms with van der Waals surface area (Å²) in [5.41, 5.74) is 9.77. The second-order valence-corrected chi connectivity index (χ2v) is 5.33. The number of hydrogen-bond donors (Lipinski definition) is 1. The van der Waals surface area contributed by atoms with E-state index in [1.807, 2.05) is 19.1 Å². The van der Waals surface area contributed by atoms with Gasteiger partial charge >= 0.3 is 0 Å². The molecule has 1 aliphatic rings. The summed E-state index contributed by atoms with van der Waals surface area (Å²) in [5, 5.41) is 9.45. The van der Waals surface area contributed by atoms with Crippen LogP contribution in [0, 0.1) is 18.3 Å². The summed E-state index contributed by atoms with van der Waals surface area (Å²) >= 11 is 0. The second kappa shape index (κ2) is 5.01. The molecule has 20 heavy (non-hydrogen) atoms. The van der Waals surface area contributed by atoms with Crippen molar-refractivity contribution in [3.05, 3.63) is 34.7 Å². The van der Waals surface area contributed by atoms with Crippen molar-refractivity contribution in [3.8, 4) is 17.4 Å². The maximum atomic E-state index is 9.45. The maximum absolute atomic E-state index is 9.45. The Morgan fingerprint density at radius 2 is 2.05 bits per heavy atom. The fourth-order valence-corrected chi connectivity index (χ4v) is 2.96. The molecule has 0 fully saturated rings. The molecule has 4 nitrogen and oxygen atoms in total. The molecule has 0 amide bonds. The van der Waals surface area contributed by atoms with Crippen molar-refractivity contribution in [1.29, 1.82) is 5.26 Å². The van der Waals surface area contributed by atoms with Crippen LogP contribution in [-0.2, 0) is 12.8 Å². The standard InChI is InChI=1S/C16H17N3O/c1-10-7-8-14(20-10)15-11-5-3-2-4-6-13(11)19-16(18)12(15)9-17/h7-8H,2-6H2,1H3,(H2,18,19)/p+1. The lowest BCUT2D eigenvalue weighted by atomic mass is 9.95. The van der Waals surface area contributed by atoms with Gasteiger partial charge in [0.25, 0.3) is 5.82 Å². The molecule has 0 atom stereocenters. The number of anilines is 1. The van der Waals surface area contributed by atoms with Crippen molar-refractivity contribution in [2.45, 2.75) is 39.0 Å². The van der Waals surface area contributed by atoms with Crippen LogP contribution in [0.1, 0.15) is 41.8 Å². The van der Waals surface area contributed by atoms with Gasteiger partial charge in [0, 0.05) is 12.0 Å². The summed E-state index contributed by atoms with van der Waals surface area (Å²) in [6.07, 6.45) is 5.46. The van der Waals surface area contributed by atoms with Crippen LogP contribution in [0.5, 0.6) is 0 Å². The summed E-state index contributed by atoms with van der Waals surface area (Å²) in [7, 11) is 0. The van der Waals surface area contributed by atoms with Gasteiger partial charge in [0.1, 0.15) is 23.3 Å². The number of aromatic nitrogens is 1. The molecule has 0 aromatic carbocycles. The predicted octanol–water partition coefficient (Wildman–Crippen LogP) is 2.79. The van der Waals surface area contributed by atoms with Gasteiger partial charge in [0.15, 0.2) is 5.56 Å². The van der Waals surface area contributed by atoms with E-state index < -0.39 is 0 Å². The van der Waals surface area contributed by atoms with E-state index in [2.05, 4.69) is 11.1 Å². The van der Waals surface area contributed by atoms with Crippen LogP contribution < -0.4 is 10.7 Å². The van der Waals surface area contributed by atoms with Crippen molar-refractivity contribution in [2.75, 3.05) is 5.73 Å². The smallest absolute Gasteiger partial charge is 0.289 e. The van der Waals surface area contributed by atoms with E-state index in [4.69, 9.17) is 10.2 Å². The number of fused-ring (bicyclic) bond motifs is 1. The molecule has 0 saturated carbocycles. The molecule has 3 rings (SSSR count). The molecule has 0 bridgehead atoms. The Balaban J connectivity index is 2.29. The third-order valence-electron chi connectivity index (χ3n) is 3.92. The summed E-state index contributed by atoms with van der Waals surface area (Å²) in [6, 6.07) is 6.08. The van der Waals surface area contributed by atoms with E-state index in [0.29, 0.717) is 11.4 Å². The topological polar surface area (TPSA) is 77.1 Å². The molecule has 0 unspecified atom stereocenters. The molecule has 0 radical (unpaired) electrons. The number of nitrogens with two attached hydrogens (primary N) is 1. The van der Waals surface area contributed by atoms with Gasteiger partial charge < -0.3 is 4.42 Å². The number of rotatable bonds is 1. The molecular formula is C16H18N3O+. The molecule has 102 valence electrons. The molecule has 4 heteroatoms. The molecule has 0 saturated heterocycles. The van der Waals surface area contributed by atoms with Crippen molar-refractivity contribution >= 4 is 5.82 Å². The summed E-state index contributed by atoms with van der Waals surface area (Å²) in [4.78, 5) is 3.22. The van der Waals surface area contributed by atoms with Gasteiger partial charge in [-0.1, -0.05) is 6.42 Å². The van der Waals surface area contributed by atoms with Gasteiger partial charge in [0.2, 0.25) is 0 Å². The number of nitrogen functional groups attached to an aromatic ring is 1. The zero-order chi connectivity index (χ0) is 14.1. The van der Waals surface area contributed by atoms with Crippen LogP contribution in [0.3, 0.4) is 0 Å². The van der Waals surface area contributed by atoms with Crippen LogP contribution in [0.4, 0.5) is 5.82 Å². The Kier molecular flexibility index (Phi) is 3.19. The van der Waals surface area contributed by atoms with Gasteiger partial charge in [-0.2, -0.15) is 5.26 Å². The number of H-pyrrole nitrogens is 1. The number of nitrogens with one attached hydrogen (secondary N) is 1. The van der Waals surface area contributed by atoms with Crippen LogP contribution >= 0.6 is 0 Å². The molecule has 2 heterocycles. The van der Waals surface area contributed by atoms with Gasteiger partial charge in [-0.25, -0.2) is 4.98 Å². The Morgan fingerprint density at radius 3 is 2.75 bits per heavy atom. The summed E-state index contributed by atoms with van der Waals surface area (Å²) < 4.78 is 5.75. The van der Waals surface area contributed by atoms with Crippen molar-refractivity contribution in [2.24, 2.45) is 0 Å². The largest absolute Gasteiger partial charge is 0.461 e. The molecule has 2 aromatic heterocycles. The quantitative estimate of drug-likeness (QED) is 0.808. The highest BCUT2D eigenvalue weighted by atomic mass is 16.3. The Labute approximate surface area is 118 Å². The molecule has 0 aliphatic heterocycles. The van der Waals surface area contributed by atoms with Crippen LogP contribution in [-0.4, -0.2) is 0 Å². The van der Waals surface area contributed by atoms with E-state index >= 15 is 0 Å². The third kappa shape index (κ3) is 2.05. The second-order valence-electron chi connectivity index (χ2n) is 5.33. The zero-order valence-electron chi connectivity index (χ0n) is 11.6. The van der Waals surface area contributed by atoms with Crippen LogP contribution in [0.15, 0.2) is 16.5 Å². The minimum atomic E-state index is 0.442. The third-order valence-corrected chi connectivity index (χ3v) is 3.92. The van der Waals surface area contributed by atoms with E-state index in [1.54, 1.807) is 0 Å². The number of aryl methyl sites for hydroxylation is 2. The lowest BCUT2D eigenvalue weighted by Crippen LogP contribution is -2.21. The van der Waals surface area contributed by atoms with Crippen LogP contribution in [0.2, 0.25) is 0 Å². The van der Waals surface area contributed by atoms with E-state index in [1.165, 1.54) is 12.0 Å². The molecule has 3 N–H and O–H groups in total. The van der Waals surface area contributed by atoms with E-state index in [0.717, 1.165) is 48.5 Å². The van der Waals surface area contributed by atoms with Gasteiger partial charge in [0.05, 0.1) is 5.56 Å². The summed E-state index contributed by atoms with van der Waals surface area (Å²) in [5.74, 6) is 2.03. The first-order valence-corrected chi connectivity index (χ1v) is 7.04. The predicted molar refractivity (Wildman–Crippen MR) is 75.8 cm³/mol. The Morgan fingerprint density at radius 1 is 1.25 bits per heavy atom. The van der Waals surface area contributed by atoms with Crippen molar-refractivity contribution in [1.82, 2.24) is 0 Å². The fourth-order valence-electron chi connectivity index (χ4n) is 2.96. The Hall–Kier alpha value is -2.28. The first kappa shape index (κ1) is 12.7. The highest BCUT2D eigenvalue weighted by Crippen LogP contribution is 2.34. The lowest BCUT2D eigenvalue weighted by Gasteiger charge is -2.10. The normalized spacial score (nSPS) is 14.4. The summed E-state index contributed by atoms with van der Waals surface area (Å²) in [6.45, 7) is 1.91. The molecule has 2 aromatic rings. The Bertz CT molecular complexity index is 694. The zero-order valence-corrected chi connectivity index (χ0v) is 11.6. The number of nitrogens with zero attached hydrogens (tertiary/aromatic N) is 1. The highest BCUT2D eigenvalue weighted by molar-refractivity contribution is 5.74. The highest BCUT2D eigenvalue weighted by Gasteiger charge is 2.25. The van der Waals surface area contributed by atoms with Crippen molar-refractivity contribution < 1.29 is 9.40 Å². The number of aromatic amines is 1. The average molecular weight is 268 g/mol. The lowest BCUT2D eigenvalue weighted by molar-refractivity contribution is -0.373. The van der Waals surface area contributed by atoms with Crippen molar-refractivity contribution in [3.63, 3.8) is 0 Å². The number of pyridine rings is 1. The van der Waals surface area contributed by atoms with Crippen LogP contribution in [0.25, 0.3) is 11.3 Å². The number of nitriles is 1. The van der Waals surface area contributed by atoms with E-state index in [9.17, 15) is 5.26 Å². The molecular weight excluding hydrogens is 250 g/mol. The van der Waals surface area contributed by atoms with Gasteiger partial charge in [-0.05, 0) is 38.3 Å². The van der Waals surface area contributed by atoms with Gasteiger partial charge in [-0.3, -0.25) is 5.73 Å². The average Bonchev–Trinajstić information content (AvgIpc) is 2.72. The molecule has 1 aliphatic carbocycles. The fraction of sp³-hybridized carbons (Fsp3) is 0.375. The van der Waals surface area contributed by atoms with E-state index in [-0.39, 0.29) is 0 Å². The minimum Gasteiger partial charge on any atom is -0.461 e. The number of furan rings is 1. The first-order valence-electron chi connectivity index (χ1n) is 7.04. The van der Waals surface area contributed by atoms with Gasteiger partial charge in [-0.15, -0.1) is 0 Å². The SMILES string of the molecule is Cc1ccc(-c2c(C#N)c(N)[nH+]c3c2CCCCC3)o1.